The molecule has 0 aliphatic carbocycles. The Labute approximate surface area is 57.9 Å². The molecule has 0 N–H and O–H groups in total. The van der Waals surface area contributed by atoms with Crippen molar-refractivity contribution in [2.45, 2.75) is 6.92 Å². The zero-order chi connectivity index (χ0) is 7.56. The number of hydrogen-bond donors (Lipinski definition) is 0. The van der Waals surface area contributed by atoms with Crippen LogP contribution < -0.4 is 9.58 Å². The molecule has 5 heteroatoms. The predicted octanol–water partition coefficient (Wildman–Crippen LogP) is -0.573. The average Bonchev–Trinajstić information content (AvgIpc) is 1.85. The summed E-state index contributed by atoms with van der Waals surface area (Å²) in [6, 6.07) is 0.0926. The smallest absolute Gasteiger partial charge is 0.380 e. The monoisotopic (exact) mass is 141 g/mol. The van der Waals surface area contributed by atoms with Crippen molar-refractivity contribution in [3.8, 4) is 6.01 Å². The van der Waals surface area contributed by atoms with Gasteiger partial charge in [-0.1, -0.05) is 4.85 Å². The van der Waals surface area contributed by atoms with E-state index in [0.717, 1.165) is 0 Å². The van der Waals surface area contributed by atoms with Crippen molar-refractivity contribution < 1.29 is 9.58 Å². The van der Waals surface area contributed by atoms with Crippen molar-refractivity contribution in [1.82, 2.24) is 10.1 Å². The fourth-order valence-corrected chi connectivity index (χ4v) is 0.562. The summed E-state index contributed by atoms with van der Waals surface area (Å²) in [5.41, 5.74) is 0.585. The minimum absolute atomic E-state index is 0.0926. The Morgan fingerprint density at radius 2 is 2.40 bits per heavy atom. The fraction of sp³-hybridized carbons (Fsp3) is 0.400. The van der Waals surface area contributed by atoms with Gasteiger partial charge < -0.3 is 9.94 Å². The molecule has 0 radical (unpaired) electrons. The van der Waals surface area contributed by atoms with Gasteiger partial charge >= 0.3 is 6.01 Å². The van der Waals surface area contributed by atoms with E-state index < -0.39 is 0 Å². The molecule has 0 amide bonds. The van der Waals surface area contributed by atoms with E-state index in [1.807, 2.05) is 0 Å². The van der Waals surface area contributed by atoms with Crippen LogP contribution in [0, 0.1) is 12.1 Å². The molecule has 1 rings (SSSR count). The number of methoxy groups -OCH3 is 1. The van der Waals surface area contributed by atoms with Crippen molar-refractivity contribution in [2.24, 2.45) is 0 Å². The Kier molecular flexibility index (Phi) is 1.66. The van der Waals surface area contributed by atoms with Crippen LogP contribution >= 0.6 is 0 Å². The normalized spacial score (nSPS) is 9.40. The first-order chi connectivity index (χ1) is 4.72. The Bertz CT molecular complexity index is 218. The summed E-state index contributed by atoms with van der Waals surface area (Å²) in [4.78, 5) is 4.22. The van der Waals surface area contributed by atoms with Gasteiger partial charge in [0.1, 0.15) is 5.69 Å². The Hall–Kier alpha value is -1.39. The molecule has 1 aromatic heterocycles. The second-order valence-electron chi connectivity index (χ2n) is 1.77. The lowest BCUT2D eigenvalue weighted by molar-refractivity contribution is -0.670. The van der Waals surface area contributed by atoms with E-state index in [-0.39, 0.29) is 6.01 Å². The number of aromatic nitrogens is 3. The molecule has 0 aromatic carbocycles. The minimum atomic E-state index is 0.0926. The van der Waals surface area contributed by atoms with Crippen molar-refractivity contribution in [2.75, 3.05) is 7.11 Å². The first kappa shape index (κ1) is 6.73. The molecule has 1 heterocycles. The van der Waals surface area contributed by atoms with Gasteiger partial charge in [0.25, 0.3) is 0 Å². The van der Waals surface area contributed by atoms with Crippen LogP contribution in [-0.4, -0.2) is 17.2 Å². The molecule has 0 aliphatic heterocycles. The van der Waals surface area contributed by atoms with E-state index in [0.29, 0.717) is 10.5 Å². The number of ether oxygens (including phenoxy) is 1. The van der Waals surface area contributed by atoms with Gasteiger partial charge in [-0.15, -0.1) is 0 Å². The molecule has 0 saturated carbocycles. The van der Waals surface area contributed by atoms with E-state index in [4.69, 9.17) is 0 Å². The summed E-state index contributed by atoms with van der Waals surface area (Å²) in [5, 5.41) is 13.9. The molecule has 0 atom stereocenters. The molecule has 0 fully saturated rings. The molecule has 10 heavy (non-hydrogen) atoms. The molecule has 54 valence electrons. The van der Waals surface area contributed by atoms with E-state index in [1.165, 1.54) is 13.3 Å². The SMILES string of the molecule is COc1nc(C)c[n+]([O-])n1. The largest absolute Gasteiger partial charge is 0.594 e. The topological polar surface area (TPSA) is 62.0 Å². The molecule has 1 aromatic rings. The maximum absolute atomic E-state index is 10.6. The highest BCUT2D eigenvalue weighted by Crippen LogP contribution is 1.95. The molecule has 0 spiro atoms. The first-order valence-corrected chi connectivity index (χ1v) is 2.71. The van der Waals surface area contributed by atoms with E-state index >= 15 is 0 Å². The lowest BCUT2D eigenvalue weighted by Crippen LogP contribution is -2.31. The Morgan fingerprint density at radius 3 is 2.90 bits per heavy atom. The van der Waals surface area contributed by atoms with Crippen LogP contribution in [0.15, 0.2) is 6.20 Å². The quantitative estimate of drug-likeness (QED) is 0.388. The van der Waals surface area contributed by atoms with Crippen molar-refractivity contribution >= 4 is 0 Å². The van der Waals surface area contributed by atoms with Crippen LogP contribution in [0.4, 0.5) is 0 Å². The van der Waals surface area contributed by atoms with Crippen LogP contribution in [0.1, 0.15) is 5.69 Å². The van der Waals surface area contributed by atoms with Gasteiger partial charge in [-0.25, -0.2) is 0 Å². The van der Waals surface area contributed by atoms with Gasteiger partial charge in [0, 0.05) is 0 Å². The number of rotatable bonds is 1. The molecule has 0 saturated heterocycles. The summed E-state index contributed by atoms with van der Waals surface area (Å²) in [5.74, 6) is 0. The van der Waals surface area contributed by atoms with Crippen molar-refractivity contribution in [3.63, 3.8) is 0 Å². The third kappa shape index (κ3) is 1.31. The van der Waals surface area contributed by atoms with Gasteiger partial charge in [-0.3, -0.25) is 0 Å². The maximum Gasteiger partial charge on any atom is 0.380 e. The first-order valence-electron chi connectivity index (χ1n) is 2.71. The van der Waals surface area contributed by atoms with Gasteiger partial charge in [0.15, 0.2) is 0 Å². The number of nitrogens with zero attached hydrogens (tertiary/aromatic N) is 3. The average molecular weight is 141 g/mol. The zero-order valence-corrected chi connectivity index (χ0v) is 5.74. The summed E-state index contributed by atoms with van der Waals surface area (Å²) < 4.78 is 4.63. The predicted molar refractivity (Wildman–Crippen MR) is 32.3 cm³/mol. The van der Waals surface area contributed by atoms with Gasteiger partial charge in [-0.2, -0.15) is 4.98 Å². The van der Waals surface area contributed by atoms with E-state index in [1.54, 1.807) is 6.92 Å². The third-order valence-corrected chi connectivity index (χ3v) is 0.936. The van der Waals surface area contributed by atoms with Gasteiger partial charge in [0.2, 0.25) is 6.20 Å². The molecular formula is C5H7N3O2. The Morgan fingerprint density at radius 1 is 1.70 bits per heavy atom. The van der Waals surface area contributed by atoms with Gasteiger partial charge in [0.05, 0.1) is 12.2 Å². The standard InChI is InChI=1S/C5H7N3O2/c1-4-3-8(9)7-5(6-4)10-2/h3H,1-2H3. The number of hydrogen-bond acceptors (Lipinski definition) is 4. The molecular weight excluding hydrogens is 134 g/mol. The minimum Gasteiger partial charge on any atom is -0.594 e. The highest BCUT2D eigenvalue weighted by molar-refractivity contribution is 4.93. The highest BCUT2D eigenvalue weighted by atomic mass is 16.5. The summed E-state index contributed by atoms with van der Waals surface area (Å²) in [7, 11) is 1.41. The van der Waals surface area contributed by atoms with E-state index in [9.17, 15) is 5.21 Å². The molecule has 5 nitrogen and oxygen atoms in total. The second kappa shape index (κ2) is 2.47. The second-order valence-corrected chi connectivity index (χ2v) is 1.77. The molecule has 0 unspecified atom stereocenters. The fourth-order valence-electron chi connectivity index (χ4n) is 0.562. The Balaban J connectivity index is 3.06. The zero-order valence-electron chi connectivity index (χ0n) is 5.74. The molecule has 0 bridgehead atoms. The summed E-state index contributed by atoms with van der Waals surface area (Å²) >= 11 is 0. The van der Waals surface area contributed by atoms with Crippen LogP contribution in [0.3, 0.4) is 0 Å². The van der Waals surface area contributed by atoms with E-state index in [2.05, 4.69) is 14.8 Å². The summed E-state index contributed by atoms with van der Waals surface area (Å²) in [6.45, 7) is 1.69. The summed E-state index contributed by atoms with van der Waals surface area (Å²) in [6.07, 6.45) is 1.27. The van der Waals surface area contributed by atoms with Crippen LogP contribution in [-0.2, 0) is 0 Å². The highest BCUT2D eigenvalue weighted by Gasteiger charge is 2.01. The van der Waals surface area contributed by atoms with Crippen molar-refractivity contribution in [3.05, 3.63) is 17.1 Å². The molecule has 0 aliphatic rings. The maximum atomic E-state index is 10.6. The van der Waals surface area contributed by atoms with Crippen LogP contribution in [0.25, 0.3) is 0 Å². The van der Waals surface area contributed by atoms with Gasteiger partial charge in [-0.05, 0) is 6.92 Å². The third-order valence-electron chi connectivity index (χ3n) is 0.936. The van der Waals surface area contributed by atoms with Crippen LogP contribution in [0.5, 0.6) is 6.01 Å². The van der Waals surface area contributed by atoms with Crippen molar-refractivity contribution in [1.29, 1.82) is 0 Å². The van der Waals surface area contributed by atoms with Crippen LogP contribution in [0.2, 0.25) is 0 Å². The lowest BCUT2D eigenvalue weighted by Gasteiger charge is -1.96. The number of aryl methyl sites for hydroxylation is 1. The lowest BCUT2D eigenvalue weighted by atomic mass is 10.5.